The number of aromatic nitrogens is 4. The van der Waals surface area contributed by atoms with E-state index in [-0.39, 0.29) is 17.8 Å². The topological polar surface area (TPSA) is 85.2 Å². The van der Waals surface area contributed by atoms with Gasteiger partial charge in [0, 0.05) is 25.2 Å². The van der Waals surface area contributed by atoms with Crippen LogP contribution in [-0.4, -0.2) is 63.9 Å². The van der Waals surface area contributed by atoms with Crippen LogP contribution in [0.4, 0.5) is 4.39 Å². The summed E-state index contributed by atoms with van der Waals surface area (Å²) in [4.78, 5) is 14.9. The molecule has 0 saturated carbocycles. The van der Waals surface area contributed by atoms with Crippen LogP contribution < -0.4 is 5.32 Å². The van der Waals surface area contributed by atoms with E-state index < -0.39 is 0 Å². The number of rotatable bonds is 6. The zero-order chi connectivity index (χ0) is 20.1. The molecule has 150 valence electrons. The third-order valence-electron chi connectivity index (χ3n) is 4.94. The fraction of sp³-hybridized carbons (Fsp3) is 0.300. The van der Waals surface area contributed by atoms with Crippen LogP contribution in [0, 0.1) is 5.82 Å². The molecule has 0 radical (unpaired) electrons. The van der Waals surface area contributed by atoms with Crippen LogP contribution in [0.15, 0.2) is 54.9 Å². The summed E-state index contributed by atoms with van der Waals surface area (Å²) < 4.78 is 20.3. The second-order valence-electron chi connectivity index (χ2n) is 6.73. The van der Waals surface area contributed by atoms with Crippen molar-refractivity contribution >= 4 is 5.91 Å². The van der Waals surface area contributed by atoms with E-state index in [4.69, 9.17) is 4.74 Å². The first-order valence-electron chi connectivity index (χ1n) is 9.39. The first kappa shape index (κ1) is 19.2. The van der Waals surface area contributed by atoms with Crippen molar-refractivity contribution in [3.05, 3.63) is 71.8 Å². The first-order chi connectivity index (χ1) is 14.2. The standard InChI is InChI=1S/C20H21FN6O2/c21-17-5-1-15(2-6-17)19(26-9-11-29-12-10-26)13-22-20(28)16-3-7-18(8-4-16)27-14-23-24-25-27/h1-8,14,19H,9-13H2,(H,22,28). The van der Waals surface area contributed by atoms with Crippen molar-refractivity contribution in [1.82, 2.24) is 30.4 Å². The van der Waals surface area contributed by atoms with E-state index in [0.29, 0.717) is 25.3 Å². The van der Waals surface area contributed by atoms with Crippen molar-refractivity contribution < 1.29 is 13.9 Å². The molecule has 1 aromatic heterocycles. The minimum Gasteiger partial charge on any atom is -0.379 e. The lowest BCUT2D eigenvalue weighted by Crippen LogP contribution is -2.43. The van der Waals surface area contributed by atoms with Gasteiger partial charge in [0.15, 0.2) is 0 Å². The van der Waals surface area contributed by atoms with Crippen molar-refractivity contribution in [3.63, 3.8) is 0 Å². The highest BCUT2D eigenvalue weighted by Gasteiger charge is 2.23. The van der Waals surface area contributed by atoms with Gasteiger partial charge >= 0.3 is 0 Å². The van der Waals surface area contributed by atoms with Crippen LogP contribution in [0.5, 0.6) is 0 Å². The van der Waals surface area contributed by atoms with Gasteiger partial charge in [0.1, 0.15) is 12.1 Å². The highest BCUT2D eigenvalue weighted by atomic mass is 19.1. The van der Waals surface area contributed by atoms with Crippen molar-refractivity contribution in [2.45, 2.75) is 6.04 Å². The molecule has 1 saturated heterocycles. The second-order valence-corrected chi connectivity index (χ2v) is 6.73. The summed E-state index contributed by atoms with van der Waals surface area (Å²) in [7, 11) is 0. The molecule has 3 aromatic rings. The number of nitrogens with one attached hydrogen (secondary N) is 1. The van der Waals surface area contributed by atoms with Crippen LogP contribution in [0.1, 0.15) is 22.0 Å². The Balaban J connectivity index is 1.44. The lowest BCUT2D eigenvalue weighted by Gasteiger charge is -2.35. The molecule has 0 bridgehead atoms. The van der Waals surface area contributed by atoms with Crippen molar-refractivity contribution in [2.24, 2.45) is 0 Å². The maximum atomic E-state index is 13.3. The van der Waals surface area contributed by atoms with Gasteiger partial charge < -0.3 is 10.1 Å². The summed E-state index contributed by atoms with van der Waals surface area (Å²) in [5, 5.41) is 14.0. The lowest BCUT2D eigenvalue weighted by molar-refractivity contribution is 0.0162. The number of carbonyl (C=O) groups is 1. The Kier molecular flexibility index (Phi) is 5.87. The number of ether oxygens (including phenoxy) is 1. The monoisotopic (exact) mass is 396 g/mol. The molecular weight excluding hydrogens is 375 g/mol. The van der Waals surface area contributed by atoms with Gasteiger partial charge in [-0.15, -0.1) is 5.10 Å². The molecule has 2 heterocycles. The molecule has 2 aromatic carbocycles. The Hall–Kier alpha value is -3.17. The molecule has 0 aliphatic carbocycles. The van der Waals surface area contributed by atoms with Crippen LogP contribution in [0.3, 0.4) is 0 Å². The molecule has 1 N–H and O–H groups in total. The highest BCUT2D eigenvalue weighted by molar-refractivity contribution is 5.94. The minimum atomic E-state index is -0.277. The molecule has 1 aliphatic rings. The Bertz CT molecular complexity index is 925. The molecule has 1 unspecified atom stereocenters. The fourth-order valence-electron chi connectivity index (χ4n) is 3.37. The maximum absolute atomic E-state index is 13.3. The lowest BCUT2D eigenvalue weighted by atomic mass is 10.0. The number of carbonyl (C=O) groups excluding carboxylic acids is 1. The Morgan fingerprint density at radius 3 is 2.48 bits per heavy atom. The van der Waals surface area contributed by atoms with Crippen LogP contribution in [-0.2, 0) is 4.74 Å². The fourth-order valence-corrected chi connectivity index (χ4v) is 3.37. The molecule has 0 spiro atoms. The Labute approximate surface area is 167 Å². The van der Waals surface area contributed by atoms with Gasteiger partial charge in [-0.25, -0.2) is 9.07 Å². The van der Waals surface area contributed by atoms with Gasteiger partial charge in [0.2, 0.25) is 0 Å². The van der Waals surface area contributed by atoms with Gasteiger partial charge in [-0.2, -0.15) is 0 Å². The largest absolute Gasteiger partial charge is 0.379 e. The van der Waals surface area contributed by atoms with E-state index in [0.717, 1.165) is 24.3 Å². The molecule has 8 nitrogen and oxygen atoms in total. The molecule has 1 aliphatic heterocycles. The number of amides is 1. The molecule has 29 heavy (non-hydrogen) atoms. The van der Waals surface area contributed by atoms with Gasteiger partial charge in [0.25, 0.3) is 5.91 Å². The normalized spacial score (nSPS) is 15.8. The molecule has 1 fully saturated rings. The number of morpholine rings is 1. The highest BCUT2D eigenvalue weighted by Crippen LogP contribution is 2.22. The maximum Gasteiger partial charge on any atom is 0.251 e. The average Bonchev–Trinajstić information content (AvgIpc) is 3.31. The summed E-state index contributed by atoms with van der Waals surface area (Å²) in [5.41, 5.74) is 2.27. The summed E-state index contributed by atoms with van der Waals surface area (Å²) >= 11 is 0. The van der Waals surface area contributed by atoms with E-state index >= 15 is 0 Å². The quantitative estimate of drug-likeness (QED) is 0.681. The zero-order valence-corrected chi connectivity index (χ0v) is 15.7. The molecule has 4 rings (SSSR count). The third kappa shape index (κ3) is 4.64. The number of benzene rings is 2. The molecular formula is C20H21FN6O2. The van der Waals surface area contributed by atoms with Crippen molar-refractivity contribution in [3.8, 4) is 5.69 Å². The smallest absolute Gasteiger partial charge is 0.251 e. The van der Waals surface area contributed by atoms with Gasteiger partial charge in [-0.05, 0) is 52.4 Å². The third-order valence-corrected chi connectivity index (χ3v) is 4.94. The number of hydrogen-bond donors (Lipinski definition) is 1. The van der Waals surface area contributed by atoms with E-state index in [1.54, 1.807) is 36.4 Å². The van der Waals surface area contributed by atoms with Gasteiger partial charge in [-0.3, -0.25) is 9.69 Å². The molecule has 1 atom stereocenters. The summed E-state index contributed by atoms with van der Waals surface area (Å²) in [6, 6.07) is 13.4. The zero-order valence-electron chi connectivity index (χ0n) is 15.7. The van der Waals surface area contributed by atoms with E-state index in [9.17, 15) is 9.18 Å². The average molecular weight is 396 g/mol. The number of hydrogen-bond acceptors (Lipinski definition) is 6. The number of tetrazole rings is 1. The van der Waals surface area contributed by atoms with Crippen molar-refractivity contribution in [1.29, 1.82) is 0 Å². The minimum absolute atomic E-state index is 0.0519. The molecule has 1 amide bonds. The number of nitrogens with zero attached hydrogens (tertiary/aromatic N) is 5. The predicted octanol–water partition coefficient (Wildman–Crippen LogP) is 1.60. The molecule has 9 heteroatoms. The predicted molar refractivity (Wildman–Crippen MR) is 103 cm³/mol. The summed E-state index contributed by atoms with van der Waals surface area (Å²) in [6.45, 7) is 3.23. The Morgan fingerprint density at radius 2 is 1.83 bits per heavy atom. The SMILES string of the molecule is O=C(NCC(c1ccc(F)cc1)N1CCOCC1)c1ccc(-n2cnnn2)cc1. The van der Waals surface area contributed by atoms with E-state index in [1.165, 1.54) is 23.1 Å². The number of halogens is 1. The first-order valence-corrected chi connectivity index (χ1v) is 9.39. The Morgan fingerprint density at radius 1 is 1.10 bits per heavy atom. The summed E-state index contributed by atoms with van der Waals surface area (Å²) in [5.74, 6) is -0.449. The van der Waals surface area contributed by atoms with E-state index in [2.05, 4.69) is 25.7 Å². The van der Waals surface area contributed by atoms with Gasteiger partial charge in [-0.1, -0.05) is 12.1 Å². The van der Waals surface area contributed by atoms with Crippen LogP contribution in [0.2, 0.25) is 0 Å². The van der Waals surface area contributed by atoms with Crippen molar-refractivity contribution in [2.75, 3.05) is 32.8 Å². The van der Waals surface area contributed by atoms with E-state index in [1.807, 2.05) is 0 Å². The summed E-state index contributed by atoms with van der Waals surface area (Å²) in [6.07, 6.45) is 1.49. The van der Waals surface area contributed by atoms with Crippen LogP contribution >= 0.6 is 0 Å². The second kappa shape index (κ2) is 8.89. The van der Waals surface area contributed by atoms with Gasteiger partial charge in [0.05, 0.1) is 24.9 Å². The van der Waals surface area contributed by atoms with Crippen LogP contribution in [0.25, 0.3) is 5.69 Å².